The van der Waals surface area contributed by atoms with Gasteiger partial charge in [-0.1, -0.05) is 30.3 Å². The van der Waals surface area contributed by atoms with Gasteiger partial charge in [0.2, 0.25) is 5.91 Å². The lowest BCUT2D eigenvalue weighted by atomic mass is 9.98. The normalized spacial score (nSPS) is 10.4. The number of para-hydroxylation sites is 1. The topological polar surface area (TPSA) is 62.2 Å². The highest BCUT2D eigenvalue weighted by atomic mass is 19.1. The minimum absolute atomic E-state index is 0.0529. The van der Waals surface area contributed by atoms with Crippen LogP contribution in [0, 0.1) is 5.82 Å². The van der Waals surface area contributed by atoms with Crippen LogP contribution < -0.4 is 5.32 Å². The molecule has 0 spiro atoms. The molecule has 3 rings (SSSR count). The molecule has 5 heteroatoms. The maximum atomic E-state index is 14.1. The summed E-state index contributed by atoms with van der Waals surface area (Å²) in [4.78, 5) is 15.1. The maximum absolute atomic E-state index is 14.1. The fourth-order valence-electron chi connectivity index (χ4n) is 2.51. The quantitative estimate of drug-likeness (QED) is 0.759. The number of halogens is 1. The predicted octanol–water partition coefficient (Wildman–Crippen LogP) is 4.22. The minimum Gasteiger partial charge on any atom is -0.507 e. The number of rotatable bonds is 3. The largest absolute Gasteiger partial charge is 0.507 e. The Morgan fingerprint density at radius 2 is 1.83 bits per heavy atom. The van der Waals surface area contributed by atoms with Crippen LogP contribution in [0.15, 0.2) is 60.9 Å². The Hall–Kier alpha value is -3.21. The Bertz CT molecular complexity index is 895. The van der Waals surface area contributed by atoms with Crippen molar-refractivity contribution in [1.29, 1.82) is 0 Å². The first-order chi connectivity index (χ1) is 11.6. The fourth-order valence-corrected chi connectivity index (χ4v) is 2.51. The summed E-state index contributed by atoms with van der Waals surface area (Å²) in [6.07, 6.45) is 3.31. The molecule has 1 aromatic heterocycles. The van der Waals surface area contributed by atoms with E-state index in [1.54, 1.807) is 42.7 Å². The van der Waals surface area contributed by atoms with Gasteiger partial charge in [-0.15, -0.1) is 0 Å². The minimum atomic E-state index is -0.561. The summed E-state index contributed by atoms with van der Waals surface area (Å²) in [5, 5.41) is 13.0. The van der Waals surface area contributed by atoms with Crippen LogP contribution in [0.3, 0.4) is 0 Å². The van der Waals surface area contributed by atoms with Crippen molar-refractivity contribution in [2.75, 3.05) is 5.32 Å². The number of carbonyl (C=O) groups excluding carboxylic acids is 1. The standard InChI is InChI=1S/C19H15FN2O2/c1-12(23)22-18-8-7-13(10-17(18)20)15-5-2-6-16(19(15)24)14-4-3-9-21-11-14/h2-11,24H,1H3,(H,22,23). The third kappa shape index (κ3) is 3.10. The molecule has 0 aliphatic rings. The molecule has 0 fully saturated rings. The second-order valence-electron chi connectivity index (χ2n) is 5.32. The van der Waals surface area contributed by atoms with Crippen LogP contribution in [0.4, 0.5) is 10.1 Å². The number of aromatic hydroxyl groups is 1. The summed E-state index contributed by atoms with van der Waals surface area (Å²) >= 11 is 0. The van der Waals surface area contributed by atoms with Crippen LogP contribution >= 0.6 is 0 Å². The van der Waals surface area contributed by atoms with Crippen molar-refractivity contribution >= 4 is 11.6 Å². The van der Waals surface area contributed by atoms with Crippen molar-refractivity contribution in [1.82, 2.24) is 4.98 Å². The highest BCUT2D eigenvalue weighted by Crippen LogP contribution is 2.38. The van der Waals surface area contributed by atoms with Gasteiger partial charge in [-0.3, -0.25) is 9.78 Å². The Balaban J connectivity index is 2.04. The molecule has 4 nitrogen and oxygen atoms in total. The lowest BCUT2D eigenvalue weighted by Crippen LogP contribution is -2.07. The number of nitrogens with one attached hydrogen (secondary N) is 1. The summed E-state index contributed by atoms with van der Waals surface area (Å²) in [5.41, 5.74) is 2.52. The lowest BCUT2D eigenvalue weighted by molar-refractivity contribution is -0.114. The van der Waals surface area contributed by atoms with E-state index in [2.05, 4.69) is 10.3 Å². The van der Waals surface area contributed by atoms with Gasteiger partial charge in [0.15, 0.2) is 0 Å². The zero-order valence-electron chi connectivity index (χ0n) is 13.0. The molecule has 1 amide bonds. The molecule has 0 atom stereocenters. The molecule has 1 heterocycles. The highest BCUT2D eigenvalue weighted by Gasteiger charge is 2.13. The summed E-state index contributed by atoms with van der Waals surface area (Å²) in [5.74, 6) is -0.853. The first-order valence-electron chi connectivity index (χ1n) is 7.36. The van der Waals surface area contributed by atoms with Crippen molar-refractivity contribution in [3.63, 3.8) is 0 Å². The van der Waals surface area contributed by atoms with Gasteiger partial charge in [-0.2, -0.15) is 0 Å². The van der Waals surface area contributed by atoms with Gasteiger partial charge in [0.05, 0.1) is 5.69 Å². The molecule has 2 N–H and O–H groups in total. The second-order valence-corrected chi connectivity index (χ2v) is 5.32. The number of nitrogens with zero attached hydrogens (tertiary/aromatic N) is 1. The first kappa shape index (κ1) is 15.7. The fraction of sp³-hybridized carbons (Fsp3) is 0.0526. The molecule has 0 aliphatic carbocycles. The molecule has 0 unspecified atom stereocenters. The molecule has 24 heavy (non-hydrogen) atoms. The number of phenols is 1. The molecule has 0 bridgehead atoms. The number of anilines is 1. The molecular formula is C19H15FN2O2. The van der Waals surface area contributed by atoms with E-state index in [-0.39, 0.29) is 17.3 Å². The Morgan fingerprint density at radius 1 is 1.08 bits per heavy atom. The molecule has 2 aromatic carbocycles. The molecule has 0 aliphatic heterocycles. The average molecular weight is 322 g/mol. The number of amides is 1. The number of carbonyl (C=O) groups is 1. The van der Waals surface area contributed by atoms with Gasteiger partial charge < -0.3 is 10.4 Å². The maximum Gasteiger partial charge on any atom is 0.221 e. The van der Waals surface area contributed by atoms with E-state index in [1.165, 1.54) is 19.1 Å². The Labute approximate surface area is 138 Å². The number of phenolic OH excluding ortho intramolecular Hbond substituents is 1. The van der Waals surface area contributed by atoms with E-state index < -0.39 is 5.82 Å². The van der Waals surface area contributed by atoms with E-state index in [4.69, 9.17) is 0 Å². The van der Waals surface area contributed by atoms with Gasteiger partial charge in [0.25, 0.3) is 0 Å². The van der Waals surface area contributed by atoms with E-state index in [1.807, 2.05) is 6.07 Å². The monoisotopic (exact) mass is 322 g/mol. The van der Waals surface area contributed by atoms with Crippen LogP contribution in [-0.2, 0) is 4.79 Å². The van der Waals surface area contributed by atoms with Crippen LogP contribution in [0.5, 0.6) is 5.75 Å². The summed E-state index contributed by atoms with van der Waals surface area (Å²) in [6, 6.07) is 13.3. The van der Waals surface area contributed by atoms with E-state index in [0.717, 1.165) is 5.56 Å². The number of hydrogen-bond acceptors (Lipinski definition) is 3. The molecule has 0 saturated heterocycles. The molecule has 3 aromatic rings. The number of hydrogen-bond donors (Lipinski definition) is 2. The SMILES string of the molecule is CC(=O)Nc1ccc(-c2cccc(-c3cccnc3)c2O)cc1F. The lowest BCUT2D eigenvalue weighted by Gasteiger charge is -2.11. The molecule has 120 valence electrons. The van der Waals surface area contributed by atoms with E-state index in [0.29, 0.717) is 16.7 Å². The highest BCUT2D eigenvalue weighted by molar-refractivity contribution is 5.89. The smallest absolute Gasteiger partial charge is 0.221 e. The van der Waals surface area contributed by atoms with Crippen LogP contribution in [0.2, 0.25) is 0 Å². The number of aromatic nitrogens is 1. The number of pyridine rings is 1. The van der Waals surface area contributed by atoms with Crippen molar-refractivity contribution in [3.8, 4) is 28.0 Å². The number of benzene rings is 2. The van der Waals surface area contributed by atoms with Crippen molar-refractivity contribution in [2.45, 2.75) is 6.92 Å². The third-order valence-corrected chi connectivity index (χ3v) is 3.60. The van der Waals surface area contributed by atoms with Crippen LogP contribution in [0.1, 0.15) is 6.92 Å². The van der Waals surface area contributed by atoms with Gasteiger partial charge >= 0.3 is 0 Å². The summed E-state index contributed by atoms with van der Waals surface area (Å²) < 4.78 is 14.1. The first-order valence-corrected chi connectivity index (χ1v) is 7.36. The average Bonchev–Trinajstić information content (AvgIpc) is 2.57. The van der Waals surface area contributed by atoms with Gasteiger partial charge in [0.1, 0.15) is 11.6 Å². The Kier molecular flexibility index (Phi) is 4.24. The summed E-state index contributed by atoms with van der Waals surface area (Å²) in [6.45, 7) is 1.32. The zero-order chi connectivity index (χ0) is 17.1. The zero-order valence-corrected chi connectivity index (χ0v) is 13.0. The van der Waals surface area contributed by atoms with Crippen molar-refractivity contribution in [3.05, 3.63) is 66.7 Å². The van der Waals surface area contributed by atoms with E-state index in [9.17, 15) is 14.3 Å². The Morgan fingerprint density at radius 3 is 2.46 bits per heavy atom. The van der Waals surface area contributed by atoms with Gasteiger partial charge in [-0.25, -0.2) is 4.39 Å². The predicted molar refractivity (Wildman–Crippen MR) is 91.0 cm³/mol. The van der Waals surface area contributed by atoms with Crippen LogP contribution in [-0.4, -0.2) is 16.0 Å². The third-order valence-electron chi connectivity index (χ3n) is 3.60. The molecular weight excluding hydrogens is 307 g/mol. The second kappa shape index (κ2) is 6.50. The van der Waals surface area contributed by atoms with E-state index >= 15 is 0 Å². The summed E-state index contributed by atoms with van der Waals surface area (Å²) in [7, 11) is 0. The van der Waals surface area contributed by atoms with Crippen LogP contribution in [0.25, 0.3) is 22.3 Å². The molecule has 0 saturated carbocycles. The van der Waals surface area contributed by atoms with Gasteiger partial charge in [-0.05, 0) is 23.8 Å². The molecule has 0 radical (unpaired) electrons. The van der Waals surface area contributed by atoms with Crippen molar-refractivity contribution < 1.29 is 14.3 Å². The van der Waals surface area contributed by atoms with Gasteiger partial charge in [0, 0.05) is 36.0 Å². The van der Waals surface area contributed by atoms with Crippen molar-refractivity contribution in [2.24, 2.45) is 0 Å².